The summed E-state index contributed by atoms with van der Waals surface area (Å²) < 4.78 is 18.4. The normalized spacial score (nSPS) is 10.9. The first-order chi connectivity index (χ1) is 9.61. The summed E-state index contributed by atoms with van der Waals surface area (Å²) in [6.07, 6.45) is 1.42. The molecule has 0 radical (unpaired) electrons. The third kappa shape index (κ3) is 3.27. The minimum Gasteiger partial charge on any atom is -0.504 e. The van der Waals surface area contributed by atoms with Crippen LogP contribution in [-0.4, -0.2) is 17.9 Å². The molecule has 0 spiro atoms. The van der Waals surface area contributed by atoms with Gasteiger partial charge in [0.2, 0.25) is 0 Å². The van der Waals surface area contributed by atoms with Crippen molar-refractivity contribution in [2.75, 3.05) is 6.61 Å². The summed E-state index contributed by atoms with van der Waals surface area (Å²) in [4.78, 5) is 4.09. The number of halogens is 2. The van der Waals surface area contributed by atoms with Gasteiger partial charge in [0, 0.05) is 17.8 Å². The Morgan fingerprint density at radius 2 is 2.15 bits per heavy atom. The van der Waals surface area contributed by atoms with Crippen LogP contribution >= 0.6 is 11.6 Å². The number of ether oxygens (including phenoxy) is 1. The maximum Gasteiger partial charge on any atom is 0.166 e. The van der Waals surface area contributed by atoms with Crippen LogP contribution in [0.1, 0.15) is 12.5 Å². The van der Waals surface area contributed by atoms with Gasteiger partial charge >= 0.3 is 0 Å². The fourth-order valence-electron chi connectivity index (χ4n) is 1.64. The van der Waals surface area contributed by atoms with Crippen LogP contribution in [0.5, 0.6) is 11.5 Å². The Hall–Kier alpha value is -2.07. The Morgan fingerprint density at radius 1 is 1.35 bits per heavy atom. The van der Waals surface area contributed by atoms with Crippen molar-refractivity contribution in [3.8, 4) is 11.5 Å². The monoisotopic (exact) mass is 293 g/mol. The van der Waals surface area contributed by atoms with E-state index < -0.39 is 5.82 Å². The fourth-order valence-corrected chi connectivity index (χ4v) is 1.81. The number of phenolic OH excluding ortho intramolecular Hbond substituents is 1. The average Bonchev–Trinajstić information content (AvgIpc) is 2.43. The zero-order valence-electron chi connectivity index (χ0n) is 10.8. The second-order valence-electron chi connectivity index (χ2n) is 3.98. The van der Waals surface area contributed by atoms with Crippen LogP contribution in [0.15, 0.2) is 41.4 Å². The third-order valence-electron chi connectivity index (χ3n) is 2.58. The Morgan fingerprint density at radius 3 is 2.90 bits per heavy atom. The van der Waals surface area contributed by atoms with Crippen molar-refractivity contribution < 1.29 is 14.2 Å². The summed E-state index contributed by atoms with van der Waals surface area (Å²) in [5.41, 5.74) is 0.768. The first kappa shape index (κ1) is 14.3. The van der Waals surface area contributed by atoms with E-state index in [2.05, 4.69) is 4.99 Å². The molecule has 2 aromatic rings. The maximum atomic E-state index is 13.1. The molecule has 0 atom stereocenters. The lowest BCUT2D eigenvalue weighted by Gasteiger charge is -2.07. The molecule has 0 aliphatic heterocycles. The topological polar surface area (TPSA) is 41.8 Å². The Kier molecular flexibility index (Phi) is 4.58. The van der Waals surface area contributed by atoms with E-state index in [1.807, 2.05) is 6.92 Å². The van der Waals surface area contributed by atoms with Crippen molar-refractivity contribution >= 4 is 23.5 Å². The highest BCUT2D eigenvalue weighted by Gasteiger charge is 2.06. The van der Waals surface area contributed by atoms with E-state index in [1.54, 1.807) is 18.2 Å². The number of nitrogens with zero attached hydrogens (tertiary/aromatic N) is 1. The van der Waals surface area contributed by atoms with Gasteiger partial charge in [-0.15, -0.1) is 0 Å². The number of aromatic hydroxyl groups is 1. The predicted molar refractivity (Wildman–Crippen MR) is 77.9 cm³/mol. The highest BCUT2D eigenvalue weighted by molar-refractivity contribution is 6.33. The van der Waals surface area contributed by atoms with Gasteiger partial charge < -0.3 is 9.84 Å². The third-order valence-corrected chi connectivity index (χ3v) is 2.90. The quantitative estimate of drug-likeness (QED) is 0.852. The lowest BCUT2D eigenvalue weighted by atomic mass is 10.2. The molecule has 0 aliphatic carbocycles. The molecule has 2 aromatic carbocycles. The summed E-state index contributed by atoms with van der Waals surface area (Å²) >= 11 is 5.92. The minimum absolute atomic E-state index is 0.00868. The largest absolute Gasteiger partial charge is 0.504 e. The molecular weight excluding hydrogens is 281 g/mol. The Bertz CT molecular complexity index is 644. The number of phenols is 1. The Balaban J connectivity index is 2.32. The number of benzene rings is 2. The van der Waals surface area contributed by atoms with Crippen LogP contribution in [0.25, 0.3) is 0 Å². The lowest BCUT2D eigenvalue weighted by Crippen LogP contribution is -1.93. The first-order valence-corrected chi connectivity index (χ1v) is 6.43. The number of hydrogen-bond acceptors (Lipinski definition) is 3. The van der Waals surface area contributed by atoms with Crippen molar-refractivity contribution in [3.63, 3.8) is 0 Å². The van der Waals surface area contributed by atoms with E-state index in [0.717, 1.165) is 0 Å². The zero-order valence-corrected chi connectivity index (χ0v) is 11.6. The van der Waals surface area contributed by atoms with E-state index in [0.29, 0.717) is 28.6 Å². The van der Waals surface area contributed by atoms with Gasteiger partial charge in [-0.2, -0.15) is 0 Å². The molecule has 0 aromatic heterocycles. The van der Waals surface area contributed by atoms with Crippen molar-refractivity contribution in [2.24, 2.45) is 4.99 Å². The van der Waals surface area contributed by atoms with E-state index >= 15 is 0 Å². The van der Waals surface area contributed by atoms with Crippen LogP contribution in [0.2, 0.25) is 5.02 Å². The molecule has 5 heteroatoms. The number of rotatable bonds is 4. The Labute approximate surface area is 121 Å². The molecule has 0 saturated carbocycles. The summed E-state index contributed by atoms with van der Waals surface area (Å²) in [7, 11) is 0. The van der Waals surface area contributed by atoms with Gasteiger partial charge in [-0.05, 0) is 31.2 Å². The summed E-state index contributed by atoms with van der Waals surface area (Å²) in [5, 5.41) is 10.3. The van der Waals surface area contributed by atoms with Crippen molar-refractivity contribution in [2.45, 2.75) is 6.92 Å². The van der Waals surface area contributed by atoms with Gasteiger partial charge in [0.1, 0.15) is 5.82 Å². The van der Waals surface area contributed by atoms with E-state index in [-0.39, 0.29) is 5.75 Å². The van der Waals surface area contributed by atoms with Gasteiger partial charge in [0.15, 0.2) is 11.5 Å². The summed E-state index contributed by atoms with van der Waals surface area (Å²) in [6.45, 7) is 2.27. The smallest absolute Gasteiger partial charge is 0.166 e. The van der Waals surface area contributed by atoms with E-state index in [4.69, 9.17) is 16.3 Å². The van der Waals surface area contributed by atoms with E-state index in [9.17, 15) is 9.50 Å². The van der Waals surface area contributed by atoms with Gasteiger partial charge in [0.05, 0.1) is 17.3 Å². The molecule has 20 heavy (non-hydrogen) atoms. The molecule has 1 N–H and O–H groups in total. The second-order valence-corrected chi connectivity index (χ2v) is 4.39. The molecule has 0 aliphatic rings. The van der Waals surface area contributed by atoms with Crippen molar-refractivity contribution in [3.05, 3.63) is 52.8 Å². The van der Waals surface area contributed by atoms with Crippen LogP contribution in [0, 0.1) is 5.82 Å². The average molecular weight is 294 g/mol. The van der Waals surface area contributed by atoms with Gasteiger partial charge in [-0.3, -0.25) is 4.99 Å². The van der Waals surface area contributed by atoms with Gasteiger partial charge in [0.25, 0.3) is 0 Å². The van der Waals surface area contributed by atoms with Crippen LogP contribution in [-0.2, 0) is 0 Å². The highest BCUT2D eigenvalue weighted by Crippen LogP contribution is 2.30. The molecule has 0 fully saturated rings. The SMILES string of the molecule is CCOc1cccc(C=Nc2cc(F)ccc2Cl)c1O. The predicted octanol–water partition coefficient (Wildman–Crippen LogP) is 4.33. The second kappa shape index (κ2) is 6.39. The highest BCUT2D eigenvalue weighted by atomic mass is 35.5. The summed E-state index contributed by atoms with van der Waals surface area (Å²) in [6, 6.07) is 8.98. The number of aliphatic imine (C=N–C) groups is 1. The standard InChI is InChI=1S/C15H13ClFNO2/c1-2-20-14-5-3-4-10(15(14)19)9-18-13-8-11(17)6-7-12(13)16/h3-9,19H,2H2,1H3. The van der Waals surface area contributed by atoms with Crippen LogP contribution in [0.3, 0.4) is 0 Å². The minimum atomic E-state index is -0.422. The molecule has 2 rings (SSSR count). The van der Waals surface area contributed by atoms with Crippen molar-refractivity contribution in [1.29, 1.82) is 0 Å². The van der Waals surface area contributed by atoms with Gasteiger partial charge in [-0.1, -0.05) is 17.7 Å². The maximum absolute atomic E-state index is 13.1. The molecule has 0 unspecified atom stereocenters. The van der Waals surface area contributed by atoms with Gasteiger partial charge in [-0.25, -0.2) is 4.39 Å². The molecule has 104 valence electrons. The van der Waals surface area contributed by atoms with E-state index in [1.165, 1.54) is 24.4 Å². The summed E-state index contributed by atoms with van der Waals surface area (Å²) in [5.74, 6) is -0.0544. The number of para-hydroxylation sites is 1. The zero-order chi connectivity index (χ0) is 14.5. The number of hydrogen-bond donors (Lipinski definition) is 1. The van der Waals surface area contributed by atoms with Crippen LogP contribution < -0.4 is 4.74 Å². The molecular formula is C15H13ClFNO2. The molecule has 3 nitrogen and oxygen atoms in total. The van der Waals surface area contributed by atoms with Crippen molar-refractivity contribution in [1.82, 2.24) is 0 Å². The molecule has 0 bridgehead atoms. The molecule has 0 heterocycles. The lowest BCUT2D eigenvalue weighted by molar-refractivity contribution is 0.318. The van der Waals surface area contributed by atoms with Crippen LogP contribution in [0.4, 0.5) is 10.1 Å². The molecule has 0 amide bonds. The first-order valence-electron chi connectivity index (χ1n) is 6.05. The molecule has 0 saturated heterocycles. The fraction of sp³-hybridized carbons (Fsp3) is 0.133.